The van der Waals surface area contributed by atoms with Crippen molar-refractivity contribution in [1.82, 2.24) is 4.90 Å². The molecule has 0 bridgehead atoms. The molecule has 0 aliphatic carbocycles. The van der Waals surface area contributed by atoms with Gasteiger partial charge in [0.05, 0.1) is 24.5 Å². The Hall–Kier alpha value is -1.75. The van der Waals surface area contributed by atoms with E-state index in [1.54, 1.807) is 25.3 Å². The summed E-state index contributed by atoms with van der Waals surface area (Å²) >= 11 is 0. The molecule has 1 unspecified atom stereocenters. The van der Waals surface area contributed by atoms with E-state index < -0.39 is 0 Å². The van der Waals surface area contributed by atoms with Gasteiger partial charge in [-0.05, 0) is 39.0 Å². The molecule has 20 heavy (non-hydrogen) atoms. The van der Waals surface area contributed by atoms with Crippen LogP contribution in [0, 0.1) is 0 Å². The van der Waals surface area contributed by atoms with Crippen molar-refractivity contribution in [2.75, 3.05) is 25.9 Å². The summed E-state index contributed by atoms with van der Waals surface area (Å²) < 4.78 is 10.9. The van der Waals surface area contributed by atoms with Crippen molar-refractivity contribution in [3.05, 3.63) is 23.8 Å². The Morgan fingerprint density at radius 3 is 2.75 bits per heavy atom. The lowest BCUT2D eigenvalue weighted by molar-refractivity contribution is -0.118. The topological polar surface area (TPSA) is 64.8 Å². The van der Waals surface area contributed by atoms with Gasteiger partial charge >= 0.3 is 0 Å². The van der Waals surface area contributed by atoms with Gasteiger partial charge in [-0.25, -0.2) is 0 Å². The Balaban J connectivity index is 2.20. The number of nitrogen functional groups attached to an aromatic ring is 1. The third kappa shape index (κ3) is 3.04. The maximum absolute atomic E-state index is 12.6. The van der Waals surface area contributed by atoms with Gasteiger partial charge in [-0.3, -0.25) is 4.79 Å². The number of nitrogens with two attached hydrogens (primary N) is 1. The van der Waals surface area contributed by atoms with Gasteiger partial charge in [0.25, 0.3) is 5.91 Å². The zero-order chi connectivity index (χ0) is 14.9. The van der Waals surface area contributed by atoms with Crippen molar-refractivity contribution in [2.45, 2.75) is 32.5 Å². The number of carbonyl (C=O) groups is 1. The van der Waals surface area contributed by atoms with Gasteiger partial charge in [0.15, 0.2) is 0 Å². The normalized spacial score (nSPS) is 21.6. The van der Waals surface area contributed by atoms with Gasteiger partial charge < -0.3 is 20.1 Å². The number of nitrogens with zero attached hydrogens (tertiary/aromatic N) is 1. The molecular formula is C15H22N2O3. The molecule has 1 atom stereocenters. The number of methoxy groups -OCH3 is 1. The Kier molecular flexibility index (Phi) is 3.90. The molecule has 1 aromatic carbocycles. The first-order valence-corrected chi connectivity index (χ1v) is 6.73. The molecular weight excluding hydrogens is 256 g/mol. The van der Waals surface area contributed by atoms with Crippen LogP contribution in [0.1, 0.15) is 31.1 Å². The Morgan fingerprint density at radius 2 is 2.20 bits per heavy atom. The number of hydrogen-bond donors (Lipinski definition) is 1. The van der Waals surface area contributed by atoms with Crippen LogP contribution in [0.2, 0.25) is 0 Å². The van der Waals surface area contributed by atoms with Crippen LogP contribution in [-0.4, -0.2) is 42.7 Å². The molecule has 1 heterocycles. The fraction of sp³-hybridized carbons (Fsp3) is 0.533. The average Bonchev–Trinajstić information content (AvgIpc) is 2.35. The summed E-state index contributed by atoms with van der Waals surface area (Å²) in [7, 11) is 1.55. The maximum Gasteiger partial charge on any atom is 0.254 e. The second kappa shape index (κ2) is 5.32. The molecule has 1 saturated heterocycles. The SMILES string of the molecule is COc1ccc(C(=O)N2CC(C)OC(C)(C)C2)cc1N. The van der Waals surface area contributed by atoms with E-state index in [2.05, 4.69) is 0 Å². The van der Waals surface area contributed by atoms with Crippen molar-refractivity contribution in [3.8, 4) is 5.75 Å². The number of anilines is 1. The van der Waals surface area contributed by atoms with Gasteiger partial charge in [-0.15, -0.1) is 0 Å². The van der Waals surface area contributed by atoms with E-state index in [1.807, 2.05) is 25.7 Å². The number of morpholine rings is 1. The van der Waals surface area contributed by atoms with Crippen molar-refractivity contribution in [2.24, 2.45) is 0 Å². The molecule has 1 aliphatic rings. The number of carbonyl (C=O) groups excluding carboxylic acids is 1. The van der Waals surface area contributed by atoms with Gasteiger partial charge in [-0.2, -0.15) is 0 Å². The van der Waals surface area contributed by atoms with Crippen LogP contribution in [0.4, 0.5) is 5.69 Å². The monoisotopic (exact) mass is 278 g/mol. The summed E-state index contributed by atoms with van der Waals surface area (Å²) in [6.07, 6.45) is 0.0262. The average molecular weight is 278 g/mol. The summed E-state index contributed by atoms with van der Waals surface area (Å²) in [5.41, 5.74) is 6.58. The lowest BCUT2D eigenvalue weighted by atomic mass is 10.0. The second-order valence-electron chi connectivity index (χ2n) is 5.83. The molecule has 1 fully saturated rings. The van der Waals surface area contributed by atoms with Crippen molar-refractivity contribution >= 4 is 11.6 Å². The number of rotatable bonds is 2. The lowest BCUT2D eigenvalue weighted by Gasteiger charge is -2.41. The lowest BCUT2D eigenvalue weighted by Crippen LogP contribution is -2.53. The van der Waals surface area contributed by atoms with E-state index in [1.165, 1.54) is 0 Å². The van der Waals surface area contributed by atoms with Crippen LogP contribution < -0.4 is 10.5 Å². The van der Waals surface area contributed by atoms with E-state index in [4.69, 9.17) is 15.2 Å². The quantitative estimate of drug-likeness (QED) is 0.839. The van der Waals surface area contributed by atoms with E-state index in [0.717, 1.165) is 0 Å². The van der Waals surface area contributed by atoms with Gasteiger partial charge in [0.1, 0.15) is 5.75 Å². The highest BCUT2D eigenvalue weighted by molar-refractivity contribution is 5.95. The van der Waals surface area contributed by atoms with Crippen molar-refractivity contribution in [3.63, 3.8) is 0 Å². The highest BCUT2D eigenvalue weighted by atomic mass is 16.5. The molecule has 110 valence electrons. The smallest absolute Gasteiger partial charge is 0.254 e. The van der Waals surface area contributed by atoms with Crippen LogP contribution in [0.15, 0.2) is 18.2 Å². The molecule has 5 heteroatoms. The molecule has 1 aromatic rings. The predicted molar refractivity (Wildman–Crippen MR) is 77.9 cm³/mol. The molecule has 0 aromatic heterocycles. The first-order chi connectivity index (χ1) is 9.32. The number of benzene rings is 1. The highest BCUT2D eigenvalue weighted by Crippen LogP contribution is 2.25. The first-order valence-electron chi connectivity index (χ1n) is 6.73. The van der Waals surface area contributed by atoms with Crippen LogP contribution in [-0.2, 0) is 4.74 Å². The molecule has 0 spiro atoms. The minimum atomic E-state index is -0.328. The minimum Gasteiger partial charge on any atom is -0.495 e. The largest absolute Gasteiger partial charge is 0.495 e. The van der Waals surface area contributed by atoms with Gasteiger partial charge in [0, 0.05) is 18.7 Å². The third-order valence-electron chi connectivity index (χ3n) is 3.33. The van der Waals surface area contributed by atoms with E-state index in [9.17, 15) is 4.79 Å². The maximum atomic E-state index is 12.6. The van der Waals surface area contributed by atoms with Gasteiger partial charge in [-0.1, -0.05) is 0 Å². The Labute approximate surface area is 119 Å². The van der Waals surface area contributed by atoms with Gasteiger partial charge in [0.2, 0.25) is 0 Å². The summed E-state index contributed by atoms with van der Waals surface area (Å²) in [4.78, 5) is 14.4. The van der Waals surface area contributed by atoms with E-state index in [-0.39, 0.29) is 17.6 Å². The Bertz CT molecular complexity index is 514. The molecule has 1 aliphatic heterocycles. The zero-order valence-corrected chi connectivity index (χ0v) is 12.5. The highest BCUT2D eigenvalue weighted by Gasteiger charge is 2.34. The first kappa shape index (κ1) is 14.7. The molecule has 5 nitrogen and oxygen atoms in total. The van der Waals surface area contributed by atoms with Crippen molar-refractivity contribution < 1.29 is 14.3 Å². The van der Waals surface area contributed by atoms with Crippen LogP contribution >= 0.6 is 0 Å². The molecule has 1 amide bonds. The zero-order valence-electron chi connectivity index (χ0n) is 12.5. The van der Waals surface area contributed by atoms with Crippen molar-refractivity contribution in [1.29, 1.82) is 0 Å². The third-order valence-corrected chi connectivity index (χ3v) is 3.33. The molecule has 0 saturated carbocycles. The van der Waals surface area contributed by atoms with Crippen LogP contribution in [0.3, 0.4) is 0 Å². The number of ether oxygens (including phenoxy) is 2. The standard InChI is InChI=1S/C15H22N2O3/c1-10-8-17(9-15(2,3)20-10)14(18)11-5-6-13(19-4)12(16)7-11/h5-7,10H,8-9,16H2,1-4H3. The van der Waals surface area contributed by atoms with E-state index in [0.29, 0.717) is 30.1 Å². The summed E-state index contributed by atoms with van der Waals surface area (Å²) in [6.45, 7) is 7.12. The second-order valence-corrected chi connectivity index (χ2v) is 5.83. The summed E-state index contributed by atoms with van der Waals surface area (Å²) in [5.74, 6) is 0.555. The number of hydrogen-bond acceptors (Lipinski definition) is 4. The molecule has 0 radical (unpaired) electrons. The summed E-state index contributed by atoms with van der Waals surface area (Å²) in [5, 5.41) is 0. The fourth-order valence-electron chi connectivity index (χ4n) is 2.66. The Morgan fingerprint density at radius 1 is 1.50 bits per heavy atom. The predicted octanol–water partition coefficient (Wildman–Crippen LogP) is 1.92. The number of amides is 1. The molecule has 2 rings (SSSR count). The summed E-state index contributed by atoms with van der Waals surface area (Å²) in [6, 6.07) is 5.12. The fourth-order valence-corrected chi connectivity index (χ4v) is 2.66. The van der Waals surface area contributed by atoms with Crippen LogP contribution in [0.5, 0.6) is 5.75 Å². The van der Waals surface area contributed by atoms with Crippen LogP contribution in [0.25, 0.3) is 0 Å². The van der Waals surface area contributed by atoms with E-state index >= 15 is 0 Å². The molecule has 2 N–H and O–H groups in total. The minimum absolute atomic E-state index is 0.0254.